The number of amides is 1. The highest BCUT2D eigenvalue weighted by atomic mass is 19.1. The van der Waals surface area contributed by atoms with E-state index in [9.17, 15) is 18.7 Å². The van der Waals surface area contributed by atoms with Gasteiger partial charge in [-0.15, -0.1) is 0 Å². The number of nitrogens with two attached hydrogens (primary N) is 1. The van der Waals surface area contributed by atoms with Gasteiger partial charge in [0.25, 0.3) is 5.91 Å². The number of benzene rings is 1. The van der Waals surface area contributed by atoms with Crippen molar-refractivity contribution in [1.29, 1.82) is 0 Å². The smallest absolute Gasteiger partial charge is 0.254 e. The average molecular weight is 260 g/mol. The van der Waals surface area contributed by atoms with Gasteiger partial charge >= 0.3 is 0 Å². The number of carbonyl (C=O) groups excluding carboxylic acids is 1. The minimum atomic E-state index is -1.52. The van der Waals surface area contributed by atoms with Gasteiger partial charge in [0, 0.05) is 12.6 Å². The number of rotatable bonds is 4. The molecule has 0 aliphatic heterocycles. The third kappa shape index (κ3) is 3.38. The summed E-state index contributed by atoms with van der Waals surface area (Å²) in [6.07, 6.45) is 0. The Balaban J connectivity index is 2.82. The largest absolute Gasteiger partial charge is 0.396 e. The first kappa shape index (κ1) is 14.3. The number of aliphatic hydroxyl groups excluding tert-OH is 1. The third-order valence-corrected chi connectivity index (χ3v) is 2.30. The van der Waals surface area contributed by atoms with Crippen LogP contribution in [0, 0.1) is 11.6 Å². The summed E-state index contributed by atoms with van der Waals surface area (Å²) in [5, 5.41) is 20.4. The first-order chi connectivity index (χ1) is 8.26. The van der Waals surface area contributed by atoms with Gasteiger partial charge in [0.1, 0.15) is 17.2 Å². The van der Waals surface area contributed by atoms with Gasteiger partial charge in [-0.3, -0.25) is 4.79 Å². The molecule has 7 heteroatoms. The number of nitrogens with one attached hydrogen (secondary N) is 1. The molecule has 1 unspecified atom stereocenters. The fraction of sp³-hybridized carbons (Fsp3) is 0.364. The fourth-order valence-corrected chi connectivity index (χ4v) is 1.16. The van der Waals surface area contributed by atoms with E-state index in [2.05, 4.69) is 5.32 Å². The van der Waals surface area contributed by atoms with Crippen LogP contribution in [-0.2, 0) is 0 Å². The highest BCUT2D eigenvalue weighted by molar-refractivity contribution is 5.95. The van der Waals surface area contributed by atoms with Crippen LogP contribution >= 0.6 is 0 Å². The molecule has 18 heavy (non-hydrogen) atoms. The number of aliphatic hydroxyl groups is 2. The van der Waals surface area contributed by atoms with E-state index in [1.54, 1.807) is 0 Å². The van der Waals surface area contributed by atoms with Crippen LogP contribution < -0.4 is 11.1 Å². The summed E-state index contributed by atoms with van der Waals surface area (Å²) in [6.45, 7) is 0.447. The van der Waals surface area contributed by atoms with Crippen molar-refractivity contribution in [3.05, 3.63) is 29.3 Å². The summed E-state index contributed by atoms with van der Waals surface area (Å²) in [5.41, 5.74) is 2.93. The molecule has 0 radical (unpaired) electrons. The average Bonchev–Trinajstić information content (AvgIpc) is 2.31. The summed E-state index contributed by atoms with van der Waals surface area (Å²) in [6, 6.07) is 1.38. The Hall–Kier alpha value is -1.73. The molecule has 0 aliphatic rings. The van der Waals surface area contributed by atoms with E-state index >= 15 is 0 Å². The van der Waals surface area contributed by atoms with Crippen LogP contribution in [0.1, 0.15) is 17.3 Å². The minimum Gasteiger partial charge on any atom is -0.396 e. The monoisotopic (exact) mass is 260 g/mol. The summed E-state index contributed by atoms with van der Waals surface area (Å²) in [7, 11) is 0. The molecular weight excluding hydrogens is 246 g/mol. The normalized spacial score (nSPS) is 14.1. The molecule has 1 rings (SSSR count). The molecular formula is C11H14F2N2O3. The van der Waals surface area contributed by atoms with Crippen LogP contribution in [0.25, 0.3) is 0 Å². The van der Waals surface area contributed by atoms with E-state index in [1.807, 2.05) is 0 Å². The Morgan fingerprint density at radius 1 is 1.44 bits per heavy atom. The molecule has 0 spiro atoms. The molecule has 0 aromatic heterocycles. The predicted molar refractivity (Wildman–Crippen MR) is 60.8 cm³/mol. The topological polar surface area (TPSA) is 95.6 Å². The maximum Gasteiger partial charge on any atom is 0.254 e. The van der Waals surface area contributed by atoms with Gasteiger partial charge in [-0.1, -0.05) is 0 Å². The number of anilines is 1. The number of carbonyl (C=O) groups is 1. The highest BCUT2D eigenvalue weighted by Crippen LogP contribution is 2.16. The van der Waals surface area contributed by atoms with Gasteiger partial charge in [0.2, 0.25) is 0 Å². The molecule has 1 atom stereocenters. The first-order valence-corrected chi connectivity index (χ1v) is 5.13. The van der Waals surface area contributed by atoms with Gasteiger partial charge in [0.15, 0.2) is 0 Å². The van der Waals surface area contributed by atoms with Crippen molar-refractivity contribution >= 4 is 11.6 Å². The van der Waals surface area contributed by atoms with Crippen molar-refractivity contribution in [3.63, 3.8) is 0 Å². The minimum absolute atomic E-state index is 0.279. The molecule has 0 saturated carbocycles. The number of nitrogen functional groups attached to an aromatic ring is 1. The summed E-state index contributed by atoms with van der Waals surface area (Å²) < 4.78 is 26.2. The van der Waals surface area contributed by atoms with E-state index in [0.29, 0.717) is 6.07 Å². The molecule has 5 nitrogen and oxygen atoms in total. The Morgan fingerprint density at radius 3 is 2.61 bits per heavy atom. The SMILES string of the molecule is CC(O)(CO)CNC(=O)c1cc(N)c(F)cc1F. The second kappa shape index (κ2) is 5.28. The van der Waals surface area contributed by atoms with E-state index in [1.165, 1.54) is 6.92 Å². The molecule has 1 aromatic rings. The predicted octanol–water partition coefficient (Wildman–Crippen LogP) is 0.0201. The van der Waals surface area contributed by atoms with E-state index < -0.39 is 35.3 Å². The maximum absolute atomic E-state index is 13.3. The lowest BCUT2D eigenvalue weighted by molar-refractivity contribution is 0.00316. The van der Waals surface area contributed by atoms with Crippen LogP contribution in [0.15, 0.2) is 12.1 Å². The Bertz CT molecular complexity index is 464. The molecule has 0 saturated heterocycles. The number of hydrogen-bond donors (Lipinski definition) is 4. The van der Waals surface area contributed by atoms with Gasteiger partial charge in [-0.05, 0) is 13.0 Å². The number of hydrogen-bond acceptors (Lipinski definition) is 4. The standard InChI is InChI=1S/C11H14F2N2O3/c1-11(18,5-16)4-15-10(17)6-2-9(14)8(13)3-7(6)12/h2-3,16,18H,4-5,14H2,1H3,(H,15,17). The van der Waals surface area contributed by atoms with Gasteiger partial charge in [-0.25, -0.2) is 8.78 Å². The lowest BCUT2D eigenvalue weighted by atomic mass is 10.1. The van der Waals surface area contributed by atoms with Gasteiger partial charge in [-0.2, -0.15) is 0 Å². The number of halogens is 2. The molecule has 1 amide bonds. The summed E-state index contributed by atoms with van der Waals surface area (Å²) in [4.78, 5) is 11.6. The van der Waals surface area contributed by atoms with Crippen molar-refractivity contribution in [2.75, 3.05) is 18.9 Å². The first-order valence-electron chi connectivity index (χ1n) is 5.13. The van der Waals surface area contributed by atoms with Gasteiger partial charge < -0.3 is 21.3 Å². The van der Waals surface area contributed by atoms with Crippen molar-refractivity contribution in [3.8, 4) is 0 Å². The molecule has 5 N–H and O–H groups in total. The zero-order valence-electron chi connectivity index (χ0n) is 9.70. The van der Waals surface area contributed by atoms with Crippen molar-refractivity contribution in [2.24, 2.45) is 0 Å². The third-order valence-electron chi connectivity index (χ3n) is 2.30. The maximum atomic E-state index is 13.3. The summed E-state index contributed by atoms with van der Waals surface area (Å²) in [5.74, 6) is -2.86. The second-order valence-corrected chi connectivity index (χ2v) is 4.19. The quantitative estimate of drug-likeness (QED) is 0.574. The Labute approximate surface area is 102 Å². The van der Waals surface area contributed by atoms with Crippen LogP contribution in [0.3, 0.4) is 0 Å². The lowest BCUT2D eigenvalue weighted by Gasteiger charge is -2.20. The summed E-state index contributed by atoms with van der Waals surface area (Å²) >= 11 is 0. The van der Waals surface area contributed by atoms with Crippen LogP contribution in [0.2, 0.25) is 0 Å². The van der Waals surface area contributed by atoms with Gasteiger partial charge in [0.05, 0.1) is 17.9 Å². The molecule has 0 bridgehead atoms. The van der Waals surface area contributed by atoms with Crippen molar-refractivity contribution < 1.29 is 23.8 Å². The lowest BCUT2D eigenvalue weighted by Crippen LogP contribution is -2.43. The van der Waals surface area contributed by atoms with E-state index in [-0.39, 0.29) is 12.2 Å². The second-order valence-electron chi connectivity index (χ2n) is 4.19. The molecule has 100 valence electrons. The molecule has 0 fully saturated rings. The van der Waals surface area contributed by atoms with E-state index in [4.69, 9.17) is 10.8 Å². The molecule has 0 aliphatic carbocycles. The van der Waals surface area contributed by atoms with Crippen LogP contribution in [0.5, 0.6) is 0 Å². The molecule has 0 heterocycles. The van der Waals surface area contributed by atoms with Crippen LogP contribution in [-0.4, -0.2) is 34.9 Å². The highest BCUT2D eigenvalue weighted by Gasteiger charge is 2.21. The zero-order valence-corrected chi connectivity index (χ0v) is 9.70. The fourth-order valence-electron chi connectivity index (χ4n) is 1.16. The Morgan fingerprint density at radius 2 is 2.06 bits per heavy atom. The van der Waals surface area contributed by atoms with Crippen LogP contribution in [0.4, 0.5) is 14.5 Å². The zero-order chi connectivity index (χ0) is 13.9. The Kier molecular flexibility index (Phi) is 4.20. The van der Waals surface area contributed by atoms with Crippen molar-refractivity contribution in [1.82, 2.24) is 5.32 Å². The van der Waals surface area contributed by atoms with E-state index in [0.717, 1.165) is 6.07 Å². The van der Waals surface area contributed by atoms with Crippen molar-refractivity contribution in [2.45, 2.75) is 12.5 Å². The molecule has 1 aromatic carbocycles.